The van der Waals surface area contributed by atoms with Gasteiger partial charge in [-0.2, -0.15) is 0 Å². The molecule has 0 aliphatic heterocycles. The molecule has 0 amide bonds. The number of ketones is 1. The van der Waals surface area contributed by atoms with E-state index in [0.717, 1.165) is 5.56 Å². The number of rotatable bonds is 6. The first kappa shape index (κ1) is 19.3. The lowest BCUT2D eigenvalue weighted by atomic mass is 10.1. The third kappa shape index (κ3) is 4.17. The van der Waals surface area contributed by atoms with Crippen molar-refractivity contribution >= 4 is 11.8 Å². The topological polar surface area (TPSA) is 82.3 Å². The maximum Gasteiger partial charge on any atom is 0.338 e. The molecule has 1 atom stereocenters. The van der Waals surface area contributed by atoms with Crippen molar-refractivity contribution in [3.8, 4) is 22.9 Å². The first-order valence-electron chi connectivity index (χ1n) is 9.41. The average molecular weight is 398 g/mol. The molecule has 3 aromatic carbocycles. The number of benzene rings is 3. The fourth-order valence-corrected chi connectivity index (χ4v) is 2.94. The number of Topliss-reactive ketones (excluding diaryl/α,β-unsaturated/α-hetero) is 1. The molecule has 0 radical (unpaired) electrons. The monoisotopic (exact) mass is 398 g/mol. The molecular weight excluding hydrogens is 380 g/mol. The van der Waals surface area contributed by atoms with E-state index in [-0.39, 0.29) is 11.7 Å². The maximum absolute atomic E-state index is 12.6. The highest BCUT2D eigenvalue weighted by atomic mass is 16.5. The summed E-state index contributed by atoms with van der Waals surface area (Å²) >= 11 is 0. The van der Waals surface area contributed by atoms with Crippen LogP contribution in [0.2, 0.25) is 0 Å². The Morgan fingerprint density at radius 3 is 2.03 bits per heavy atom. The molecule has 0 saturated carbocycles. The van der Waals surface area contributed by atoms with Gasteiger partial charge in [0.15, 0.2) is 6.10 Å². The van der Waals surface area contributed by atoms with Gasteiger partial charge < -0.3 is 9.15 Å². The second-order valence-electron chi connectivity index (χ2n) is 6.64. The van der Waals surface area contributed by atoms with Crippen LogP contribution in [0.3, 0.4) is 0 Å². The van der Waals surface area contributed by atoms with Gasteiger partial charge in [-0.25, -0.2) is 4.79 Å². The summed E-state index contributed by atoms with van der Waals surface area (Å²) < 4.78 is 11.1. The summed E-state index contributed by atoms with van der Waals surface area (Å²) in [5, 5.41) is 8.13. The van der Waals surface area contributed by atoms with Crippen molar-refractivity contribution < 1.29 is 18.7 Å². The fourth-order valence-electron chi connectivity index (χ4n) is 2.94. The van der Waals surface area contributed by atoms with Gasteiger partial charge in [-0.15, -0.1) is 10.2 Å². The average Bonchev–Trinajstić information content (AvgIpc) is 3.30. The number of carbonyl (C=O) groups excluding carboxylic acids is 2. The SMILES string of the molecule is C[C@H](OC(=O)c1cccc(-c2nnc(-c3ccccc3)o2)c1)C(=O)c1ccccc1. The van der Waals surface area contributed by atoms with E-state index < -0.39 is 12.1 Å². The van der Waals surface area contributed by atoms with E-state index >= 15 is 0 Å². The van der Waals surface area contributed by atoms with Crippen molar-refractivity contribution in [2.75, 3.05) is 0 Å². The van der Waals surface area contributed by atoms with Crippen molar-refractivity contribution in [3.63, 3.8) is 0 Å². The van der Waals surface area contributed by atoms with Crippen LogP contribution < -0.4 is 0 Å². The van der Waals surface area contributed by atoms with Crippen LogP contribution in [0.4, 0.5) is 0 Å². The molecule has 0 fully saturated rings. The van der Waals surface area contributed by atoms with Crippen LogP contribution in [0.15, 0.2) is 89.3 Å². The lowest BCUT2D eigenvalue weighted by Gasteiger charge is -2.12. The number of esters is 1. The normalized spacial score (nSPS) is 11.6. The molecule has 4 aromatic rings. The van der Waals surface area contributed by atoms with Gasteiger partial charge in [-0.05, 0) is 37.3 Å². The molecule has 0 spiro atoms. The van der Waals surface area contributed by atoms with Crippen LogP contribution in [0.25, 0.3) is 22.9 Å². The number of aromatic nitrogens is 2. The number of carbonyl (C=O) groups is 2. The van der Waals surface area contributed by atoms with E-state index in [1.54, 1.807) is 55.5 Å². The molecule has 1 heterocycles. The first-order chi connectivity index (χ1) is 14.6. The summed E-state index contributed by atoms with van der Waals surface area (Å²) in [6.07, 6.45) is -0.906. The maximum atomic E-state index is 12.6. The Kier molecular flexibility index (Phi) is 5.48. The largest absolute Gasteiger partial charge is 0.451 e. The second kappa shape index (κ2) is 8.53. The molecule has 0 saturated heterocycles. The summed E-state index contributed by atoms with van der Waals surface area (Å²) in [6.45, 7) is 1.56. The molecule has 6 heteroatoms. The molecule has 6 nitrogen and oxygen atoms in total. The predicted molar refractivity (Wildman–Crippen MR) is 111 cm³/mol. The van der Waals surface area contributed by atoms with Crippen LogP contribution in [-0.2, 0) is 4.74 Å². The number of ether oxygens (including phenoxy) is 1. The summed E-state index contributed by atoms with van der Waals surface area (Å²) in [5.74, 6) is -0.182. The molecule has 4 rings (SSSR count). The Morgan fingerprint density at radius 1 is 0.767 bits per heavy atom. The Hall–Kier alpha value is -4.06. The zero-order valence-electron chi connectivity index (χ0n) is 16.2. The van der Waals surface area contributed by atoms with Crippen molar-refractivity contribution in [2.24, 2.45) is 0 Å². The molecule has 148 valence electrons. The van der Waals surface area contributed by atoms with E-state index in [1.807, 2.05) is 36.4 Å². The standard InChI is InChI=1S/C24H18N2O4/c1-16(21(27)17-9-4-2-5-10-17)29-24(28)20-14-8-13-19(15-20)23-26-25-22(30-23)18-11-6-3-7-12-18/h2-16H,1H3/t16-/m0/s1. The minimum absolute atomic E-state index is 0.260. The van der Waals surface area contributed by atoms with Crippen molar-refractivity contribution in [1.29, 1.82) is 0 Å². The summed E-state index contributed by atoms with van der Waals surface area (Å²) in [6, 6.07) is 24.8. The van der Waals surface area contributed by atoms with E-state index in [9.17, 15) is 9.59 Å². The number of hydrogen-bond acceptors (Lipinski definition) is 6. The van der Waals surface area contributed by atoms with Crippen molar-refractivity contribution in [3.05, 3.63) is 96.1 Å². The van der Waals surface area contributed by atoms with Crippen LogP contribution in [-0.4, -0.2) is 28.1 Å². The molecule has 0 aliphatic rings. The van der Waals surface area contributed by atoms with Crippen LogP contribution in [0, 0.1) is 0 Å². The lowest BCUT2D eigenvalue weighted by Crippen LogP contribution is -2.24. The van der Waals surface area contributed by atoms with Gasteiger partial charge in [0, 0.05) is 16.7 Å². The molecule has 0 bridgehead atoms. The van der Waals surface area contributed by atoms with Gasteiger partial charge in [0.2, 0.25) is 17.6 Å². The zero-order chi connectivity index (χ0) is 20.9. The van der Waals surface area contributed by atoms with Crippen LogP contribution in [0.5, 0.6) is 0 Å². The van der Waals surface area contributed by atoms with Gasteiger partial charge in [0.25, 0.3) is 0 Å². The first-order valence-corrected chi connectivity index (χ1v) is 9.41. The number of nitrogens with zero attached hydrogens (tertiary/aromatic N) is 2. The predicted octanol–water partition coefficient (Wildman–Crippen LogP) is 4.83. The molecular formula is C24H18N2O4. The lowest BCUT2D eigenvalue weighted by molar-refractivity contribution is 0.0319. The number of hydrogen-bond donors (Lipinski definition) is 0. The van der Waals surface area contributed by atoms with E-state index in [2.05, 4.69) is 10.2 Å². The van der Waals surface area contributed by atoms with E-state index in [0.29, 0.717) is 22.6 Å². The Balaban J connectivity index is 1.50. The van der Waals surface area contributed by atoms with Gasteiger partial charge in [-0.1, -0.05) is 54.6 Å². The molecule has 0 N–H and O–H groups in total. The van der Waals surface area contributed by atoms with Gasteiger partial charge in [0.1, 0.15) is 0 Å². The summed E-state index contributed by atoms with van der Waals surface area (Å²) in [4.78, 5) is 25.0. The zero-order valence-corrected chi connectivity index (χ0v) is 16.2. The van der Waals surface area contributed by atoms with Gasteiger partial charge in [-0.3, -0.25) is 4.79 Å². The highest BCUT2D eigenvalue weighted by Gasteiger charge is 2.21. The second-order valence-corrected chi connectivity index (χ2v) is 6.64. The van der Waals surface area contributed by atoms with E-state index in [4.69, 9.17) is 9.15 Å². The molecule has 30 heavy (non-hydrogen) atoms. The quantitative estimate of drug-likeness (QED) is 0.342. The molecule has 0 aliphatic carbocycles. The fraction of sp³-hybridized carbons (Fsp3) is 0.0833. The molecule has 0 unspecified atom stereocenters. The summed E-state index contributed by atoms with van der Waals surface area (Å²) in [7, 11) is 0. The third-order valence-electron chi connectivity index (χ3n) is 4.50. The summed E-state index contributed by atoms with van der Waals surface area (Å²) in [5.41, 5.74) is 2.17. The highest BCUT2D eigenvalue weighted by Crippen LogP contribution is 2.24. The van der Waals surface area contributed by atoms with E-state index in [1.165, 1.54) is 0 Å². The van der Waals surface area contributed by atoms with Gasteiger partial charge >= 0.3 is 5.97 Å². The smallest absolute Gasteiger partial charge is 0.338 e. The van der Waals surface area contributed by atoms with Crippen molar-refractivity contribution in [2.45, 2.75) is 13.0 Å². The Morgan fingerprint density at radius 2 is 1.33 bits per heavy atom. The van der Waals surface area contributed by atoms with Gasteiger partial charge in [0.05, 0.1) is 5.56 Å². The Bertz CT molecular complexity index is 1170. The highest BCUT2D eigenvalue weighted by molar-refractivity contribution is 6.01. The minimum atomic E-state index is -0.906. The van der Waals surface area contributed by atoms with Crippen LogP contribution >= 0.6 is 0 Å². The minimum Gasteiger partial charge on any atom is -0.451 e. The molecule has 1 aromatic heterocycles. The Labute approximate surface area is 173 Å². The van der Waals surface area contributed by atoms with Crippen LogP contribution in [0.1, 0.15) is 27.6 Å². The third-order valence-corrected chi connectivity index (χ3v) is 4.50. The van der Waals surface area contributed by atoms with Crippen molar-refractivity contribution in [1.82, 2.24) is 10.2 Å².